The topological polar surface area (TPSA) is 63.2 Å². The standard InChI is InChI=1S/C13H18O6/c1-4-17-11-5-10(7-14)6-12(18-8-15-2)13(11)19-9-16-3/h5-7H,4,8-9H2,1-3H3. The molecule has 6 nitrogen and oxygen atoms in total. The molecule has 106 valence electrons. The number of rotatable bonds is 9. The third-order valence-corrected chi connectivity index (χ3v) is 2.13. The second kappa shape index (κ2) is 8.34. The summed E-state index contributed by atoms with van der Waals surface area (Å²) < 4.78 is 25.9. The molecule has 0 bridgehead atoms. The summed E-state index contributed by atoms with van der Waals surface area (Å²) in [4.78, 5) is 10.9. The Kier molecular flexibility index (Phi) is 6.70. The van der Waals surface area contributed by atoms with Crippen LogP contribution in [0.2, 0.25) is 0 Å². The molecule has 1 aromatic carbocycles. The van der Waals surface area contributed by atoms with Crippen LogP contribution >= 0.6 is 0 Å². The summed E-state index contributed by atoms with van der Waals surface area (Å²) in [5.74, 6) is 1.17. The Balaban J connectivity index is 3.12. The van der Waals surface area contributed by atoms with Crippen LogP contribution in [-0.4, -0.2) is 40.7 Å². The van der Waals surface area contributed by atoms with Crippen LogP contribution in [0.3, 0.4) is 0 Å². The van der Waals surface area contributed by atoms with Crippen molar-refractivity contribution in [1.29, 1.82) is 0 Å². The van der Waals surface area contributed by atoms with E-state index in [0.29, 0.717) is 35.7 Å². The predicted octanol–water partition coefficient (Wildman–Crippen LogP) is 1.86. The molecular formula is C13H18O6. The number of methoxy groups -OCH3 is 2. The molecule has 0 fully saturated rings. The highest BCUT2D eigenvalue weighted by Gasteiger charge is 2.15. The highest BCUT2D eigenvalue weighted by atomic mass is 16.7. The summed E-state index contributed by atoms with van der Waals surface area (Å²) in [6, 6.07) is 3.14. The van der Waals surface area contributed by atoms with Crippen molar-refractivity contribution in [3.05, 3.63) is 17.7 Å². The fourth-order valence-corrected chi connectivity index (χ4v) is 1.42. The molecule has 0 spiro atoms. The van der Waals surface area contributed by atoms with Crippen molar-refractivity contribution < 1.29 is 28.5 Å². The second-order valence-electron chi connectivity index (χ2n) is 3.50. The van der Waals surface area contributed by atoms with Gasteiger partial charge in [-0.25, -0.2) is 0 Å². The molecule has 0 heterocycles. The number of benzene rings is 1. The van der Waals surface area contributed by atoms with Crippen LogP contribution in [-0.2, 0) is 9.47 Å². The zero-order valence-electron chi connectivity index (χ0n) is 11.3. The van der Waals surface area contributed by atoms with Crippen LogP contribution < -0.4 is 14.2 Å². The smallest absolute Gasteiger partial charge is 0.206 e. The van der Waals surface area contributed by atoms with E-state index in [1.54, 1.807) is 12.1 Å². The SMILES string of the molecule is CCOc1cc(C=O)cc(OCOC)c1OCOC. The number of ether oxygens (including phenoxy) is 5. The Bertz CT molecular complexity index is 404. The van der Waals surface area contributed by atoms with Crippen molar-refractivity contribution in [2.75, 3.05) is 34.4 Å². The first kappa shape index (κ1) is 15.3. The van der Waals surface area contributed by atoms with Crippen molar-refractivity contribution in [2.45, 2.75) is 6.92 Å². The van der Waals surface area contributed by atoms with Crippen LogP contribution in [0, 0.1) is 0 Å². The van der Waals surface area contributed by atoms with Gasteiger partial charge in [-0.05, 0) is 19.1 Å². The normalized spacial score (nSPS) is 10.1. The summed E-state index contributed by atoms with van der Waals surface area (Å²) in [6.45, 7) is 2.36. The Morgan fingerprint density at radius 1 is 1.00 bits per heavy atom. The number of carbonyl (C=O) groups is 1. The number of aldehydes is 1. The van der Waals surface area contributed by atoms with Crippen molar-refractivity contribution >= 4 is 6.29 Å². The Hall–Kier alpha value is -1.79. The minimum atomic E-state index is 0.0389. The van der Waals surface area contributed by atoms with Gasteiger partial charge >= 0.3 is 0 Å². The van der Waals surface area contributed by atoms with E-state index in [2.05, 4.69) is 0 Å². The Morgan fingerprint density at radius 2 is 1.58 bits per heavy atom. The van der Waals surface area contributed by atoms with Crippen LogP contribution in [0.1, 0.15) is 17.3 Å². The van der Waals surface area contributed by atoms with E-state index < -0.39 is 0 Å². The predicted molar refractivity (Wildman–Crippen MR) is 68.0 cm³/mol. The van der Waals surface area contributed by atoms with Crippen LogP contribution in [0.5, 0.6) is 17.2 Å². The van der Waals surface area contributed by atoms with E-state index in [4.69, 9.17) is 23.7 Å². The Labute approximate surface area is 112 Å². The summed E-state index contributed by atoms with van der Waals surface area (Å²) >= 11 is 0. The lowest BCUT2D eigenvalue weighted by atomic mass is 10.2. The summed E-state index contributed by atoms with van der Waals surface area (Å²) in [6.07, 6.45) is 0.711. The monoisotopic (exact) mass is 270 g/mol. The lowest BCUT2D eigenvalue weighted by Crippen LogP contribution is -2.07. The van der Waals surface area contributed by atoms with E-state index in [-0.39, 0.29) is 13.6 Å². The van der Waals surface area contributed by atoms with Gasteiger partial charge < -0.3 is 23.7 Å². The third kappa shape index (κ3) is 4.42. The van der Waals surface area contributed by atoms with Gasteiger partial charge in [-0.1, -0.05) is 0 Å². The molecule has 0 radical (unpaired) electrons. The molecule has 0 aromatic heterocycles. The number of carbonyl (C=O) groups excluding carboxylic acids is 1. The van der Waals surface area contributed by atoms with Crippen molar-refractivity contribution in [2.24, 2.45) is 0 Å². The first-order valence-corrected chi connectivity index (χ1v) is 5.76. The average molecular weight is 270 g/mol. The molecule has 0 amide bonds. The van der Waals surface area contributed by atoms with Crippen LogP contribution in [0.15, 0.2) is 12.1 Å². The third-order valence-electron chi connectivity index (χ3n) is 2.13. The molecular weight excluding hydrogens is 252 g/mol. The van der Waals surface area contributed by atoms with E-state index >= 15 is 0 Å². The molecule has 0 saturated heterocycles. The lowest BCUT2D eigenvalue weighted by Gasteiger charge is -2.16. The molecule has 6 heteroatoms. The largest absolute Gasteiger partial charge is 0.490 e. The van der Waals surface area contributed by atoms with E-state index in [9.17, 15) is 4.79 Å². The molecule has 0 unspecified atom stereocenters. The number of hydrogen-bond donors (Lipinski definition) is 0. The molecule has 0 aliphatic heterocycles. The summed E-state index contributed by atoms with van der Waals surface area (Å²) in [7, 11) is 3.01. The minimum absolute atomic E-state index is 0.0389. The minimum Gasteiger partial charge on any atom is -0.490 e. The number of hydrogen-bond acceptors (Lipinski definition) is 6. The molecule has 1 rings (SSSR count). The lowest BCUT2D eigenvalue weighted by molar-refractivity contribution is 0.0304. The van der Waals surface area contributed by atoms with Gasteiger partial charge in [0.2, 0.25) is 5.75 Å². The van der Waals surface area contributed by atoms with Gasteiger partial charge in [-0.15, -0.1) is 0 Å². The fraction of sp³-hybridized carbons (Fsp3) is 0.462. The van der Waals surface area contributed by atoms with Gasteiger partial charge in [0.05, 0.1) is 6.61 Å². The fourth-order valence-electron chi connectivity index (χ4n) is 1.42. The van der Waals surface area contributed by atoms with Crippen LogP contribution in [0.25, 0.3) is 0 Å². The molecule has 0 aliphatic rings. The van der Waals surface area contributed by atoms with Crippen molar-refractivity contribution in [3.8, 4) is 17.2 Å². The van der Waals surface area contributed by atoms with Crippen molar-refractivity contribution in [1.82, 2.24) is 0 Å². The molecule has 0 aliphatic carbocycles. The molecule has 0 N–H and O–H groups in total. The maximum atomic E-state index is 10.9. The maximum Gasteiger partial charge on any atom is 0.206 e. The van der Waals surface area contributed by atoms with Gasteiger partial charge in [0, 0.05) is 19.8 Å². The molecule has 19 heavy (non-hydrogen) atoms. The van der Waals surface area contributed by atoms with E-state index in [1.165, 1.54) is 14.2 Å². The maximum absolute atomic E-state index is 10.9. The van der Waals surface area contributed by atoms with Crippen molar-refractivity contribution in [3.63, 3.8) is 0 Å². The molecule has 0 atom stereocenters. The average Bonchev–Trinajstić information content (AvgIpc) is 2.43. The second-order valence-corrected chi connectivity index (χ2v) is 3.50. The van der Waals surface area contributed by atoms with Gasteiger partial charge in [0.25, 0.3) is 0 Å². The van der Waals surface area contributed by atoms with Gasteiger partial charge in [-0.2, -0.15) is 0 Å². The van der Waals surface area contributed by atoms with Gasteiger partial charge in [0.15, 0.2) is 25.1 Å². The highest BCUT2D eigenvalue weighted by Crippen LogP contribution is 2.38. The zero-order chi connectivity index (χ0) is 14.1. The van der Waals surface area contributed by atoms with Gasteiger partial charge in [-0.3, -0.25) is 4.79 Å². The molecule has 1 aromatic rings. The first-order chi connectivity index (χ1) is 9.26. The molecule has 0 saturated carbocycles. The van der Waals surface area contributed by atoms with E-state index in [0.717, 1.165) is 0 Å². The summed E-state index contributed by atoms with van der Waals surface area (Å²) in [5.41, 5.74) is 0.430. The highest BCUT2D eigenvalue weighted by molar-refractivity contribution is 5.78. The zero-order valence-corrected chi connectivity index (χ0v) is 11.3. The summed E-state index contributed by atoms with van der Waals surface area (Å²) in [5, 5.41) is 0. The first-order valence-electron chi connectivity index (χ1n) is 5.76. The Morgan fingerprint density at radius 3 is 2.11 bits per heavy atom. The van der Waals surface area contributed by atoms with E-state index in [1.807, 2.05) is 6.92 Å². The van der Waals surface area contributed by atoms with Crippen LogP contribution in [0.4, 0.5) is 0 Å². The van der Waals surface area contributed by atoms with Gasteiger partial charge in [0.1, 0.15) is 6.29 Å². The quantitative estimate of drug-likeness (QED) is 0.504.